The first-order chi connectivity index (χ1) is 12.8. The van der Waals surface area contributed by atoms with Gasteiger partial charge in [-0.1, -0.05) is 91.9 Å². The second kappa shape index (κ2) is 6.14. The van der Waals surface area contributed by atoms with Gasteiger partial charge in [0, 0.05) is 0 Å². The molecule has 5 rings (SSSR count). The number of rotatable bonds is 0. The van der Waals surface area contributed by atoms with Crippen LogP contribution in [0.2, 0.25) is 0 Å². The lowest BCUT2D eigenvalue weighted by molar-refractivity contribution is 0.643. The molecule has 0 unspecified atom stereocenters. The highest BCUT2D eigenvalue weighted by Gasteiger charge is 2.27. The maximum atomic E-state index is 2.39. The molecule has 0 aliphatic heterocycles. The summed E-state index contributed by atoms with van der Waals surface area (Å²) in [6.45, 7) is 2.39. The number of hydrogen-bond donors (Lipinski definition) is 0. The molecule has 0 bridgehead atoms. The number of benzene rings is 3. The second-order valence-corrected chi connectivity index (χ2v) is 7.39. The molecule has 0 N–H and O–H groups in total. The third-order valence-electron chi connectivity index (χ3n) is 5.82. The first-order valence-corrected chi connectivity index (χ1v) is 9.52. The van der Waals surface area contributed by atoms with E-state index >= 15 is 0 Å². The third kappa shape index (κ3) is 2.37. The lowest BCUT2D eigenvalue weighted by atomic mass is 9.75. The van der Waals surface area contributed by atoms with Crippen molar-refractivity contribution in [2.24, 2.45) is 5.92 Å². The van der Waals surface area contributed by atoms with Crippen molar-refractivity contribution in [2.75, 3.05) is 0 Å². The van der Waals surface area contributed by atoms with Gasteiger partial charge in [-0.3, -0.25) is 0 Å². The van der Waals surface area contributed by atoms with Crippen LogP contribution in [0.1, 0.15) is 46.7 Å². The maximum absolute atomic E-state index is 2.39. The van der Waals surface area contributed by atoms with Gasteiger partial charge in [0.25, 0.3) is 0 Å². The zero-order valence-corrected chi connectivity index (χ0v) is 15.1. The van der Waals surface area contributed by atoms with Gasteiger partial charge in [0.2, 0.25) is 0 Å². The minimum atomic E-state index is 0.555. The van der Waals surface area contributed by atoms with E-state index < -0.39 is 0 Å². The smallest absolute Gasteiger partial charge is 0.00585 e. The van der Waals surface area contributed by atoms with Crippen LogP contribution in [0.15, 0.2) is 72.8 Å². The van der Waals surface area contributed by atoms with E-state index in [2.05, 4.69) is 91.9 Å². The molecule has 0 aromatic heterocycles. The van der Waals surface area contributed by atoms with Crippen LogP contribution in [0.3, 0.4) is 0 Å². The summed E-state index contributed by atoms with van der Waals surface area (Å²) in [6.07, 6.45) is 6.92. The lowest BCUT2D eigenvalue weighted by Gasteiger charge is -2.29. The van der Waals surface area contributed by atoms with E-state index in [1.54, 1.807) is 0 Å². The Labute approximate surface area is 155 Å². The lowest BCUT2D eigenvalue weighted by Crippen LogP contribution is -2.13. The normalized spacial score (nSPS) is 18.0. The predicted octanol–water partition coefficient (Wildman–Crippen LogP) is 6.71. The average molecular weight is 334 g/mol. The molecule has 0 heterocycles. The van der Waals surface area contributed by atoms with Crippen LogP contribution in [0.5, 0.6) is 0 Å². The van der Waals surface area contributed by atoms with Gasteiger partial charge >= 0.3 is 0 Å². The molecule has 0 saturated heterocycles. The molecule has 0 spiro atoms. The Morgan fingerprint density at radius 3 is 1.85 bits per heavy atom. The summed E-state index contributed by atoms with van der Waals surface area (Å²) >= 11 is 0. The first-order valence-electron chi connectivity index (χ1n) is 9.52. The Bertz CT molecular complexity index is 997. The Hall–Kier alpha value is -2.86. The SMILES string of the molecule is C[C@H]1CCc2ccccc2C1=C1c2ccccc2C=Cc2ccccc21. The standard InChI is InChI=1S/C26H22/c1-18-14-15-19-8-2-5-11-22(19)25(18)26-23-12-6-3-9-20(23)16-17-21-10-4-7-13-24(21)26/h2-13,16-18H,14-15H2,1H3/t18-/m0/s1. The van der Waals surface area contributed by atoms with Crippen LogP contribution < -0.4 is 0 Å². The summed E-state index contributed by atoms with van der Waals surface area (Å²) in [5, 5.41) is 0. The topological polar surface area (TPSA) is 0 Å². The monoisotopic (exact) mass is 334 g/mol. The fourth-order valence-corrected chi connectivity index (χ4v) is 4.52. The summed E-state index contributed by atoms with van der Waals surface area (Å²) in [5.41, 5.74) is 11.2. The quantitative estimate of drug-likeness (QED) is 0.335. The fraction of sp³-hybridized carbons (Fsp3) is 0.154. The van der Waals surface area contributed by atoms with E-state index in [1.165, 1.54) is 57.4 Å². The Morgan fingerprint density at radius 2 is 1.19 bits per heavy atom. The Balaban J connectivity index is 1.92. The van der Waals surface area contributed by atoms with E-state index in [0.717, 1.165) is 0 Å². The molecule has 0 fully saturated rings. The predicted molar refractivity (Wildman–Crippen MR) is 112 cm³/mol. The minimum absolute atomic E-state index is 0.555. The molecule has 26 heavy (non-hydrogen) atoms. The van der Waals surface area contributed by atoms with E-state index in [0.29, 0.717) is 5.92 Å². The van der Waals surface area contributed by atoms with Crippen LogP contribution in [0.4, 0.5) is 0 Å². The zero-order chi connectivity index (χ0) is 17.5. The summed E-state index contributed by atoms with van der Waals surface area (Å²) in [4.78, 5) is 0. The first kappa shape index (κ1) is 15.4. The van der Waals surface area contributed by atoms with Crippen molar-refractivity contribution in [2.45, 2.75) is 19.8 Å². The highest BCUT2D eigenvalue weighted by Crippen LogP contribution is 2.45. The maximum Gasteiger partial charge on any atom is -0.00585 e. The van der Waals surface area contributed by atoms with Crippen molar-refractivity contribution in [3.05, 3.63) is 106 Å². The summed E-state index contributed by atoms with van der Waals surface area (Å²) in [7, 11) is 0. The van der Waals surface area contributed by atoms with Gasteiger partial charge in [-0.25, -0.2) is 0 Å². The molecule has 3 aromatic rings. The van der Waals surface area contributed by atoms with E-state index in [9.17, 15) is 0 Å². The summed E-state index contributed by atoms with van der Waals surface area (Å²) in [5.74, 6) is 0.555. The molecule has 2 aliphatic rings. The molecule has 0 saturated carbocycles. The van der Waals surface area contributed by atoms with Crippen molar-refractivity contribution in [3.63, 3.8) is 0 Å². The molecule has 2 aliphatic carbocycles. The van der Waals surface area contributed by atoms with Gasteiger partial charge in [0.05, 0.1) is 0 Å². The van der Waals surface area contributed by atoms with Crippen molar-refractivity contribution < 1.29 is 0 Å². The Kier molecular flexibility index (Phi) is 3.64. The summed E-state index contributed by atoms with van der Waals surface area (Å²) < 4.78 is 0. The number of hydrogen-bond acceptors (Lipinski definition) is 0. The van der Waals surface area contributed by atoms with Crippen molar-refractivity contribution in [1.82, 2.24) is 0 Å². The fourth-order valence-electron chi connectivity index (χ4n) is 4.52. The van der Waals surface area contributed by atoms with Crippen molar-refractivity contribution >= 4 is 23.3 Å². The molecule has 1 atom stereocenters. The minimum Gasteiger partial charge on any atom is -0.0620 e. The van der Waals surface area contributed by atoms with E-state index in [1.807, 2.05) is 0 Å². The second-order valence-electron chi connectivity index (χ2n) is 7.39. The zero-order valence-electron chi connectivity index (χ0n) is 15.1. The van der Waals surface area contributed by atoms with E-state index in [4.69, 9.17) is 0 Å². The van der Waals surface area contributed by atoms with Crippen molar-refractivity contribution in [1.29, 1.82) is 0 Å². The molecule has 0 heteroatoms. The van der Waals surface area contributed by atoms with E-state index in [-0.39, 0.29) is 0 Å². The van der Waals surface area contributed by atoms with Crippen molar-refractivity contribution in [3.8, 4) is 0 Å². The van der Waals surface area contributed by atoms with Gasteiger partial charge < -0.3 is 0 Å². The molecular formula is C26H22. The van der Waals surface area contributed by atoms with Crippen LogP contribution in [-0.4, -0.2) is 0 Å². The number of allylic oxidation sites excluding steroid dienone is 1. The third-order valence-corrected chi connectivity index (χ3v) is 5.82. The number of aryl methyl sites for hydroxylation is 1. The van der Waals surface area contributed by atoms with Crippen LogP contribution in [-0.2, 0) is 6.42 Å². The molecular weight excluding hydrogens is 312 g/mol. The Morgan fingerprint density at radius 1 is 0.654 bits per heavy atom. The van der Waals surface area contributed by atoms with Crippen LogP contribution in [0.25, 0.3) is 23.3 Å². The molecule has 126 valence electrons. The van der Waals surface area contributed by atoms with Crippen LogP contribution >= 0.6 is 0 Å². The molecule has 0 amide bonds. The average Bonchev–Trinajstić information content (AvgIpc) is 2.85. The highest BCUT2D eigenvalue weighted by atomic mass is 14.3. The van der Waals surface area contributed by atoms with Gasteiger partial charge in [-0.05, 0) is 63.3 Å². The van der Waals surface area contributed by atoms with Gasteiger partial charge in [-0.15, -0.1) is 0 Å². The highest BCUT2D eigenvalue weighted by molar-refractivity contribution is 6.05. The molecule has 0 nitrogen and oxygen atoms in total. The van der Waals surface area contributed by atoms with Gasteiger partial charge in [0.1, 0.15) is 0 Å². The molecule has 0 radical (unpaired) electrons. The number of fused-ring (bicyclic) bond motifs is 3. The van der Waals surface area contributed by atoms with Gasteiger partial charge in [0.15, 0.2) is 0 Å². The summed E-state index contributed by atoms with van der Waals surface area (Å²) in [6, 6.07) is 26.6. The van der Waals surface area contributed by atoms with Crippen LogP contribution in [0, 0.1) is 5.92 Å². The molecule has 3 aromatic carbocycles. The largest absolute Gasteiger partial charge is 0.0620 e. The van der Waals surface area contributed by atoms with Gasteiger partial charge in [-0.2, -0.15) is 0 Å².